The Morgan fingerprint density at radius 3 is 2.60 bits per heavy atom. The number of ether oxygens (including phenoxy) is 2. The molecule has 0 bridgehead atoms. The molecule has 0 unspecified atom stereocenters. The zero-order valence-corrected chi connectivity index (χ0v) is 11.2. The van der Waals surface area contributed by atoms with E-state index in [2.05, 4.69) is 5.32 Å². The highest BCUT2D eigenvalue weighted by atomic mass is 16.6. The molecule has 102 valence electrons. The van der Waals surface area contributed by atoms with Crippen LogP contribution < -0.4 is 14.8 Å². The van der Waals surface area contributed by atoms with Crippen molar-refractivity contribution >= 4 is 11.6 Å². The summed E-state index contributed by atoms with van der Waals surface area (Å²) in [4.78, 5) is 12.3. The summed E-state index contributed by atoms with van der Waals surface area (Å²) in [5.41, 5.74) is 2.40. The Balaban J connectivity index is 1.85. The lowest BCUT2D eigenvalue weighted by atomic mass is 10.1. The normalized spacial score (nSPS) is 12.8. The SMILES string of the molecule is Cc1ccc(NC(=O)c2cccc3c2OCCO3)cc1. The van der Waals surface area contributed by atoms with Crippen LogP contribution in [0.4, 0.5) is 5.69 Å². The van der Waals surface area contributed by atoms with Crippen molar-refractivity contribution in [3.05, 3.63) is 53.6 Å². The lowest BCUT2D eigenvalue weighted by Gasteiger charge is -2.20. The Labute approximate surface area is 117 Å². The second-order valence-electron chi connectivity index (χ2n) is 4.65. The smallest absolute Gasteiger partial charge is 0.259 e. The van der Waals surface area contributed by atoms with Crippen molar-refractivity contribution in [1.29, 1.82) is 0 Å². The third-order valence-corrected chi connectivity index (χ3v) is 3.12. The Bertz CT molecular complexity index is 635. The second kappa shape index (κ2) is 5.25. The molecule has 1 aliphatic heterocycles. The summed E-state index contributed by atoms with van der Waals surface area (Å²) in [6, 6.07) is 13.0. The lowest BCUT2D eigenvalue weighted by molar-refractivity contribution is 0.101. The molecular formula is C16H15NO3. The molecule has 0 aromatic heterocycles. The highest BCUT2D eigenvalue weighted by molar-refractivity contribution is 6.06. The molecule has 0 atom stereocenters. The average Bonchev–Trinajstić information content (AvgIpc) is 2.49. The van der Waals surface area contributed by atoms with Gasteiger partial charge in [0.05, 0.1) is 5.56 Å². The topological polar surface area (TPSA) is 47.6 Å². The third-order valence-electron chi connectivity index (χ3n) is 3.12. The zero-order valence-electron chi connectivity index (χ0n) is 11.2. The summed E-state index contributed by atoms with van der Waals surface area (Å²) < 4.78 is 11.0. The van der Waals surface area contributed by atoms with Gasteiger partial charge in [0.2, 0.25) is 0 Å². The molecule has 0 spiro atoms. The first-order valence-electron chi connectivity index (χ1n) is 6.51. The minimum absolute atomic E-state index is 0.198. The number of carbonyl (C=O) groups is 1. The molecule has 0 fully saturated rings. The van der Waals surface area contributed by atoms with Crippen molar-refractivity contribution in [3.63, 3.8) is 0 Å². The number of hydrogen-bond acceptors (Lipinski definition) is 3. The van der Waals surface area contributed by atoms with Gasteiger partial charge >= 0.3 is 0 Å². The van der Waals surface area contributed by atoms with Gasteiger partial charge in [-0.1, -0.05) is 23.8 Å². The summed E-state index contributed by atoms with van der Waals surface area (Å²) in [5, 5.41) is 2.86. The Morgan fingerprint density at radius 1 is 1.05 bits per heavy atom. The monoisotopic (exact) mass is 269 g/mol. The van der Waals surface area contributed by atoms with Crippen LogP contribution in [0.1, 0.15) is 15.9 Å². The second-order valence-corrected chi connectivity index (χ2v) is 4.65. The van der Waals surface area contributed by atoms with Gasteiger partial charge in [0.25, 0.3) is 5.91 Å². The molecule has 1 amide bonds. The standard InChI is InChI=1S/C16H15NO3/c1-11-5-7-12(8-6-11)17-16(18)13-3-2-4-14-15(13)20-10-9-19-14/h2-8H,9-10H2,1H3,(H,17,18). The highest BCUT2D eigenvalue weighted by Gasteiger charge is 2.20. The number of aryl methyl sites for hydroxylation is 1. The van der Waals surface area contributed by atoms with Gasteiger partial charge in [0.1, 0.15) is 13.2 Å². The van der Waals surface area contributed by atoms with E-state index in [4.69, 9.17) is 9.47 Å². The number of nitrogens with one attached hydrogen (secondary N) is 1. The first-order chi connectivity index (χ1) is 9.74. The molecule has 1 aliphatic rings. The third kappa shape index (κ3) is 2.45. The molecule has 0 saturated heterocycles. The average molecular weight is 269 g/mol. The van der Waals surface area contributed by atoms with E-state index < -0.39 is 0 Å². The number of carbonyl (C=O) groups excluding carboxylic acids is 1. The first-order valence-corrected chi connectivity index (χ1v) is 6.51. The van der Waals surface area contributed by atoms with Crippen LogP contribution in [0.2, 0.25) is 0 Å². The van der Waals surface area contributed by atoms with Gasteiger partial charge in [0, 0.05) is 5.69 Å². The van der Waals surface area contributed by atoms with E-state index in [1.165, 1.54) is 0 Å². The number of para-hydroxylation sites is 1. The molecule has 3 rings (SSSR count). The van der Waals surface area contributed by atoms with Crippen LogP contribution in [0.3, 0.4) is 0 Å². The summed E-state index contributed by atoms with van der Waals surface area (Å²) in [6.07, 6.45) is 0. The van der Waals surface area contributed by atoms with E-state index in [0.717, 1.165) is 11.3 Å². The number of fused-ring (bicyclic) bond motifs is 1. The van der Waals surface area contributed by atoms with Crippen LogP contribution in [0, 0.1) is 6.92 Å². The number of rotatable bonds is 2. The molecule has 2 aromatic rings. The molecule has 0 aliphatic carbocycles. The van der Waals surface area contributed by atoms with Gasteiger partial charge in [-0.3, -0.25) is 4.79 Å². The fourth-order valence-corrected chi connectivity index (χ4v) is 2.09. The number of benzene rings is 2. The van der Waals surface area contributed by atoms with E-state index >= 15 is 0 Å². The van der Waals surface area contributed by atoms with Gasteiger partial charge in [0.15, 0.2) is 11.5 Å². The van der Waals surface area contributed by atoms with Crippen molar-refractivity contribution in [2.45, 2.75) is 6.92 Å². The minimum Gasteiger partial charge on any atom is -0.486 e. The fourth-order valence-electron chi connectivity index (χ4n) is 2.09. The summed E-state index contributed by atoms with van der Waals surface area (Å²) in [6.45, 7) is 2.97. The zero-order chi connectivity index (χ0) is 13.9. The number of anilines is 1. The van der Waals surface area contributed by atoms with Crippen LogP contribution in [-0.4, -0.2) is 19.1 Å². The molecule has 4 nitrogen and oxygen atoms in total. The van der Waals surface area contributed by atoms with Crippen LogP contribution in [0.15, 0.2) is 42.5 Å². The minimum atomic E-state index is -0.198. The Hall–Kier alpha value is -2.49. The van der Waals surface area contributed by atoms with Crippen molar-refractivity contribution in [2.24, 2.45) is 0 Å². The first kappa shape index (κ1) is 12.5. The van der Waals surface area contributed by atoms with Crippen LogP contribution in [0.25, 0.3) is 0 Å². The van der Waals surface area contributed by atoms with E-state index in [0.29, 0.717) is 30.3 Å². The van der Waals surface area contributed by atoms with Crippen molar-refractivity contribution in [2.75, 3.05) is 18.5 Å². The van der Waals surface area contributed by atoms with E-state index in [-0.39, 0.29) is 5.91 Å². The molecule has 1 heterocycles. The maximum absolute atomic E-state index is 12.3. The quantitative estimate of drug-likeness (QED) is 0.911. The Morgan fingerprint density at radius 2 is 1.80 bits per heavy atom. The van der Waals surface area contributed by atoms with E-state index in [1.54, 1.807) is 18.2 Å². The number of hydrogen-bond donors (Lipinski definition) is 1. The van der Waals surface area contributed by atoms with Gasteiger partial charge < -0.3 is 14.8 Å². The molecule has 1 N–H and O–H groups in total. The molecule has 0 radical (unpaired) electrons. The van der Waals surface area contributed by atoms with Gasteiger partial charge in [-0.05, 0) is 31.2 Å². The van der Waals surface area contributed by atoms with Crippen LogP contribution >= 0.6 is 0 Å². The van der Waals surface area contributed by atoms with Gasteiger partial charge in [-0.2, -0.15) is 0 Å². The summed E-state index contributed by atoms with van der Waals surface area (Å²) in [5.74, 6) is 0.937. The van der Waals surface area contributed by atoms with E-state index in [9.17, 15) is 4.79 Å². The van der Waals surface area contributed by atoms with Gasteiger partial charge in [-0.15, -0.1) is 0 Å². The van der Waals surface area contributed by atoms with Crippen molar-refractivity contribution < 1.29 is 14.3 Å². The van der Waals surface area contributed by atoms with Crippen molar-refractivity contribution in [3.8, 4) is 11.5 Å². The summed E-state index contributed by atoms with van der Waals surface area (Å²) in [7, 11) is 0. The fraction of sp³-hybridized carbons (Fsp3) is 0.188. The maximum Gasteiger partial charge on any atom is 0.259 e. The predicted octanol–water partition coefficient (Wildman–Crippen LogP) is 3.02. The predicted molar refractivity (Wildman–Crippen MR) is 76.6 cm³/mol. The van der Waals surface area contributed by atoms with Crippen LogP contribution in [0.5, 0.6) is 11.5 Å². The molecule has 2 aromatic carbocycles. The van der Waals surface area contributed by atoms with Crippen molar-refractivity contribution in [1.82, 2.24) is 0 Å². The number of amides is 1. The molecule has 20 heavy (non-hydrogen) atoms. The molecule has 4 heteroatoms. The van der Waals surface area contributed by atoms with Crippen LogP contribution in [-0.2, 0) is 0 Å². The van der Waals surface area contributed by atoms with Gasteiger partial charge in [-0.25, -0.2) is 0 Å². The molecule has 0 saturated carbocycles. The highest BCUT2D eigenvalue weighted by Crippen LogP contribution is 2.33. The molecular weight excluding hydrogens is 254 g/mol. The largest absolute Gasteiger partial charge is 0.486 e. The van der Waals surface area contributed by atoms with E-state index in [1.807, 2.05) is 31.2 Å². The maximum atomic E-state index is 12.3. The lowest BCUT2D eigenvalue weighted by Crippen LogP contribution is -2.20. The Kier molecular flexibility index (Phi) is 3.29. The summed E-state index contributed by atoms with van der Waals surface area (Å²) >= 11 is 0.